The molecule has 1 amide bonds. The molecule has 0 aliphatic rings. The molecule has 0 saturated carbocycles. The summed E-state index contributed by atoms with van der Waals surface area (Å²) in [6.07, 6.45) is 0. The fraction of sp³-hybridized carbons (Fsp3) is 0.273. The predicted molar refractivity (Wildman–Crippen MR) is 56.8 cm³/mol. The Labute approximate surface area is 93.1 Å². The fourth-order valence-corrected chi connectivity index (χ4v) is 1.04. The number of ether oxygens (including phenoxy) is 2. The van der Waals surface area contributed by atoms with E-state index >= 15 is 0 Å². The lowest BCUT2D eigenvalue weighted by Crippen LogP contribution is -2.23. The van der Waals surface area contributed by atoms with Crippen LogP contribution >= 0.6 is 0 Å². The third-order valence-corrected chi connectivity index (χ3v) is 1.72. The molecule has 0 radical (unpaired) electrons. The van der Waals surface area contributed by atoms with Crippen molar-refractivity contribution >= 4 is 11.9 Å². The SMILES string of the molecule is Cc1cccc(OCC(=O)OCC(N)=O)c1. The average Bonchev–Trinajstić information content (AvgIpc) is 2.23. The molecule has 5 heteroatoms. The summed E-state index contributed by atoms with van der Waals surface area (Å²) in [5.74, 6) is -0.736. The van der Waals surface area contributed by atoms with Crippen LogP contribution in [0.1, 0.15) is 5.56 Å². The quantitative estimate of drug-likeness (QED) is 0.733. The summed E-state index contributed by atoms with van der Waals surface area (Å²) in [7, 11) is 0. The number of primary amides is 1. The van der Waals surface area contributed by atoms with E-state index in [9.17, 15) is 9.59 Å². The van der Waals surface area contributed by atoms with Gasteiger partial charge in [-0.3, -0.25) is 4.79 Å². The number of hydrogen-bond donors (Lipinski definition) is 1. The summed E-state index contributed by atoms with van der Waals surface area (Å²) in [6.45, 7) is 1.25. The molecule has 0 heterocycles. The molecule has 5 nitrogen and oxygen atoms in total. The van der Waals surface area contributed by atoms with Gasteiger partial charge in [-0.1, -0.05) is 12.1 Å². The number of amides is 1. The highest BCUT2D eigenvalue weighted by atomic mass is 16.6. The van der Waals surface area contributed by atoms with Crippen molar-refractivity contribution < 1.29 is 19.1 Å². The van der Waals surface area contributed by atoms with Crippen LogP contribution in [0.3, 0.4) is 0 Å². The lowest BCUT2D eigenvalue weighted by molar-refractivity contribution is -0.149. The zero-order chi connectivity index (χ0) is 12.0. The number of carbonyl (C=O) groups excluding carboxylic acids is 2. The van der Waals surface area contributed by atoms with Crippen molar-refractivity contribution in [1.82, 2.24) is 0 Å². The topological polar surface area (TPSA) is 78.6 Å². The first-order valence-corrected chi connectivity index (χ1v) is 4.71. The molecule has 0 saturated heterocycles. The van der Waals surface area contributed by atoms with E-state index in [4.69, 9.17) is 10.5 Å². The summed E-state index contributed by atoms with van der Waals surface area (Å²) in [6, 6.07) is 7.26. The predicted octanol–water partition coefficient (Wildman–Crippen LogP) is 0.402. The van der Waals surface area contributed by atoms with E-state index < -0.39 is 18.5 Å². The van der Waals surface area contributed by atoms with Crippen LogP contribution in [0.25, 0.3) is 0 Å². The van der Waals surface area contributed by atoms with Gasteiger partial charge in [0.05, 0.1) is 0 Å². The molecule has 0 atom stereocenters. The lowest BCUT2D eigenvalue weighted by atomic mass is 10.2. The Hall–Kier alpha value is -2.04. The van der Waals surface area contributed by atoms with Gasteiger partial charge in [-0.15, -0.1) is 0 Å². The van der Waals surface area contributed by atoms with Crippen molar-refractivity contribution in [3.8, 4) is 5.75 Å². The van der Waals surface area contributed by atoms with Crippen molar-refractivity contribution in [3.63, 3.8) is 0 Å². The summed E-state index contributed by atoms with van der Waals surface area (Å²) >= 11 is 0. The van der Waals surface area contributed by atoms with Crippen LogP contribution in [0.5, 0.6) is 5.75 Å². The van der Waals surface area contributed by atoms with Crippen LogP contribution in [0.15, 0.2) is 24.3 Å². The zero-order valence-electron chi connectivity index (χ0n) is 8.93. The average molecular weight is 223 g/mol. The van der Waals surface area contributed by atoms with Crippen LogP contribution in [-0.4, -0.2) is 25.1 Å². The van der Waals surface area contributed by atoms with Crippen LogP contribution < -0.4 is 10.5 Å². The Balaban J connectivity index is 2.34. The second-order valence-electron chi connectivity index (χ2n) is 3.23. The highest BCUT2D eigenvalue weighted by Crippen LogP contribution is 2.11. The third-order valence-electron chi connectivity index (χ3n) is 1.72. The highest BCUT2D eigenvalue weighted by Gasteiger charge is 2.05. The molecule has 0 aliphatic carbocycles. The number of esters is 1. The van der Waals surface area contributed by atoms with Crippen LogP contribution in [-0.2, 0) is 14.3 Å². The summed E-state index contributed by atoms with van der Waals surface area (Å²) in [4.78, 5) is 21.4. The van der Waals surface area contributed by atoms with Gasteiger partial charge in [-0.05, 0) is 24.6 Å². The molecule has 0 aromatic heterocycles. The molecule has 0 spiro atoms. The second-order valence-corrected chi connectivity index (χ2v) is 3.23. The minimum absolute atomic E-state index is 0.239. The summed E-state index contributed by atoms with van der Waals surface area (Å²) in [5.41, 5.74) is 5.84. The van der Waals surface area contributed by atoms with Crippen molar-refractivity contribution in [2.24, 2.45) is 5.73 Å². The molecule has 0 aliphatic heterocycles. The minimum atomic E-state index is -0.691. The molecule has 0 fully saturated rings. The second kappa shape index (κ2) is 5.75. The molecule has 1 aromatic carbocycles. The molecule has 16 heavy (non-hydrogen) atoms. The number of rotatable bonds is 5. The first-order chi connectivity index (χ1) is 7.58. The van der Waals surface area contributed by atoms with E-state index in [1.54, 1.807) is 12.1 Å². The Morgan fingerprint density at radius 2 is 2.06 bits per heavy atom. The van der Waals surface area contributed by atoms with E-state index in [0.717, 1.165) is 5.56 Å². The van der Waals surface area contributed by atoms with Gasteiger partial charge in [-0.25, -0.2) is 4.79 Å². The maximum absolute atomic E-state index is 11.1. The number of benzene rings is 1. The zero-order valence-corrected chi connectivity index (χ0v) is 8.93. The number of aryl methyl sites for hydroxylation is 1. The summed E-state index contributed by atoms with van der Waals surface area (Å²) < 4.78 is 9.67. The van der Waals surface area contributed by atoms with Gasteiger partial charge in [0.2, 0.25) is 0 Å². The molecule has 86 valence electrons. The fourth-order valence-electron chi connectivity index (χ4n) is 1.04. The van der Waals surface area contributed by atoms with Crippen molar-refractivity contribution in [3.05, 3.63) is 29.8 Å². The standard InChI is InChI=1S/C11H13NO4/c1-8-3-2-4-9(5-8)15-7-11(14)16-6-10(12)13/h2-5H,6-7H2,1H3,(H2,12,13). The molecular formula is C11H13NO4. The van der Waals surface area contributed by atoms with Crippen LogP contribution in [0.2, 0.25) is 0 Å². The maximum atomic E-state index is 11.1. The summed E-state index contributed by atoms with van der Waals surface area (Å²) in [5, 5.41) is 0. The van der Waals surface area contributed by atoms with Gasteiger partial charge in [0.1, 0.15) is 5.75 Å². The van der Waals surface area contributed by atoms with Crippen LogP contribution in [0.4, 0.5) is 0 Å². The monoisotopic (exact) mass is 223 g/mol. The van der Waals surface area contributed by atoms with Gasteiger partial charge in [0.15, 0.2) is 13.2 Å². The van der Waals surface area contributed by atoms with Crippen LogP contribution in [0, 0.1) is 6.92 Å². The van der Waals surface area contributed by atoms with Gasteiger partial charge < -0.3 is 15.2 Å². The van der Waals surface area contributed by atoms with Crippen molar-refractivity contribution in [2.75, 3.05) is 13.2 Å². The Morgan fingerprint density at radius 3 is 2.69 bits per heavy atom. The highest BCUT2D eigenvalue weighted by molar-refractivity contribution is 5.79. The largest absolute Gasteiger partial charge is 0.482 e. The maximum Gasteiger partial charge on any atom is 0.344 e. The smallest absolute Gasteiger partial charge is 0.344 e. The van der Waals surface area contributed by atoms with Gasteiger partial charge in [0.25, 0.3) is 5.91 Å². The van der Waals surface area contributed by atoms with Crippen molar-refractivity contribution in [2.45, 2.75) is 6.92 Å². The van der Waals surface area contributed by atoms with Crippen molar-refractivity contribution in [1.29, 1.82) is 0 Å². The number of hydrogen-bond acceptors (Lipinski definition) is 4. The first-order valence-electron chi connectivity index (χ1n) is 4.71. The first kappa shape index (κ1) is 12.0. The van der Waals surface area contributed by atoms with E-state index in [1.165, 1.54) is 0 Å². The Kier molecular flexibility index (Phi) is 4.32. The van der Waals surface area contributed by atoms with Gasteiger partial charge in [0, 0.05) is 0 Å². The van der Waals surface area contributed by atoms with E-state index in [2.05, 4.69) is 4.74 Å². The normalized spacial score (nSPS) is 9.56. The van der Waals surface area contributed by atoms with Gasteiger partial charge in [-0.2, -0.15) is 0 Å². The van der Waals surface area contributed by atoms with Gasteiger partial charge >= 0.3 is 5.97 Å². The Bertz CT molecular complexity index is 389. The molecule has 2 N–H and O–H groups in total. The molecule has 1 aromatic rings. The lowest BCUT2D eigenvalue weighted by Gasteiger charge is -2.06. The van der Waals surface area contributed by atoms with E-state index in [0.29, 0.717) is 5.75 Å². The minimum Gasteiger partial charge on any atom is -0.482 e. The molecule has 0 bridgehead atoms. The molecule has 1 rings (SSSR count). The van der Waals surface area contributed by atoms with E-state index in [-0.39, 0.29) is 6.61 Å². The molecular weight excluding hydrogens is 210 g/mol. The number of nitrogens with two attached hydrogens (primary N) is 1. The Morgan fingerprint density at radius 1 is 1.31 bits per heavy atom. The number of carbonyl (C=O) groups is 2. The third kappa shape index (κ3) is 4.45. The van der Waals surface area contributed by atoms with E-state index in [1.807, 2.05) is 19.1 Å². The molecule has 0 unspecified atom stereocenters.